The fraction of sp³-hybridized carbons (Fsp3) is 0.538. The molecule has 1 aromatic rings. The molecule has 1 N–H and O–H groups in total. The van der Waals surface area contributed by atoms with E-state index in [1.54, 1.807) is 0 Å². The van der Waals surface area contributed by atoms with Crippen LogP contribution >= 0.6 is 0 Å². The second kappa shape index (κ2) is 7.38. The fourth-order valence-electron chi connectivity index (χ4n) is 1.54. The molecule has 1 aromatic carbocycles. The van der Waals surface area contributed by atoms with Crippen molar-refractivity contribution in [2.45, 2.75) is 32.7 Å². The van der Waals surface area contributed by atoms with E-state index in [0.717, 1.165) is 11.1 Å². The quantitative estimate of drug-likeness (QED) is 0.761. The molecule has 18 heavy (non-hydrogen) atoms. The highest BCUT2D eigenvalue weighted by molar-refractivity contribution is 5.26. The van der Waals surface area contributed by atoms with Crippen molar-refractivity contribution in [1.82, 2.24) is 5.32 Å². The van der Waals surface area contributed by atoms with E-state index >= 15 is 0 Å². The Morgan fingerprint density at radius 1 is 1.17 bits per heavy atom. The first kappa shape index (κ1) is 15.0. The number of benzene rings is 1. The minimum atomic E-state index is -4.10. The van der Waals surface area contributed by atoms with Gasteiger partial charge in [-0.15, -0.1) is 0 Å². The van der Waals surface area contributed by atoms with Gasteiger partial charge in [0.25, 0.3) is 0 Å². The molecule has 2 nitrogen and oxygen atoms in total. The van der Waals surface area contributed by atoms with Crippen LogP contribution in [0.15, 0.2) is 24.3 Å². The highest BCUT2D eigenvalue weighted by atomic mass is 19.4. The van der Waals surface area contributed by atoms with E-state index in [2.05, 4.69) is 5.32 Å². The van der Waals surface area contributed by atoms with E-state index in [0.29, 0.717) is 19.8 Å². The van der Waals surface area contributed by atoms with Crippen molar-refractivity contribution in [3.8, 4) is 0 Å². The van der Waals surface area contributed by atoms with E-state index in [-0.39, 0.29) is 6.54 Å². The topological polar surface area (TPSA) is 21.3 Å². The molecule has 0 amide bonds. The van der Waals surface area contributed by atoms with Crippen molar-refractivity contribution >= 4 is 0 Å². The SMILES string of the molecule is CCOCc1ccccc1CNCCC(F)(F)F. The van der Waals surface area contributed by atoms with Gasteiger partial charge >= 0.3 is 6.18 Å². The molecule has 0 radical (unpaired) electrons. The molecular weight excluding hydrogens is 243 g/mol. The summed E-state index contributed by atoms with van der Waals surface area (Å²) >= 11 is 0. The maximum absolute atomic E-state index is 12.0. The Morgan fingerprint density at radius 3 is 2.44 bits per heavy atom. The zero-order valence-corrected chi connectivity index (χ0v) is 10.4. The number of hydrogen-bond acceptors (Lipinski definition) is 2. The molecule has 0 bridgehead atoms. The molecule has 0 aliphatic carbocycles. The van der Waals surface area contributed by atoms with Crippen LogP contribution in [0.2, 0.25) is 0 Å². The summed E-state index contributed by atoms with van der Waals surface area (Å²) in [7, 11) is 0. The van der Waals surface area contributed by atoms with Crippen molar-refractivity contribution in [3.05, 3.63) is 35.4 Å². The molecule has 0 atom stereocenters. The van der Waals surface area contributed by atoms with Gasteiger partial charge in [0.1, 0.15) is 0 Å². The molecule has 0 unspecified atom stereocenters. The third-order valence-electron chi connectivity index (χ3n) is 2.48. The van der Waals surface area contributed by atoms with Gasteiger partial charge in [0.05, 0.1) is 13.0 Å². The van der Waals surface area contributed by atoms with Gasteiger partial charge in [0.2, 0.25) is 0 Å². The summed E-state index contributed by atoms with van der Waals surface area (Å²) in [5.41, 5.74) is 1.99. The smallest absolute Gasteiger partial charge is 0.377 e. The Labute approximate surface area is 105 Å². The summed E-state index contributed by atoms with van der Waals surface area (Å²) in [5, 5.41) is 2.80. The van der Waals surface area contributed by atoms with Gasteiger partial charge in [0.15, 0.2) is 0 Å². The number of hydrogen-bond donors (Lipinski definition) is 1. The third-order valence-corrected chi connectivity index (χ3v) is 2.48. The molecule has 102 valence electrons. The minimum Gasteiger partial charge on any atom is -0.377 e. The number of halogens is 3. The normalized spacial score (nSPS) is 11.8. The van der Waals surface area contributed by atoms with Gasteiger partial charge in [-0.05, 0) is 18.1 Å². The van der Waals surface area contributed by atoms with Crippen LogP contribution in [0.25, 0.3) is 0 Å². The highest BCUT2D eigenvalue weighted by Crippen LogP contribution is 2.18. The molecule has 0 saturated carbocycles. The van der Waals surface area contributed by atoms with Crippen LogP contribution in [0.3, 0.4) is 0 Å². The third kappa shape index (κ3) is 6.02. The molecular formula is C13H18F3NO. The Bertz CT molecular complexity index is 352. The molecule has 0 saturated heterocycles. The predicted molar refractivity (Wildman–Crippen MR) is 64.2 cm³/mol. The molecule has 0 heterocycles. The summed E-state index contributed by atoms with van der Waals surface area (Å²) in [6, 6.07) is 7.59. The van der Waals surface area contributed by atoms with Crippen LogP contribution < -0.4 is 5.32 Å². The van der Waals surface area contributed by atoms with Gasteiger partial charge in [-0.1, -0.05) is 24.3 Å². The van der Waals surface area contributed by atoms with Crippen LogP contribution in [0.1, 0.15) is 24.5 Å². The average molecular weight is 261 g/mol. The molecule has 0 fully saturated rings. The summed E-state index contributed by atoms with van der Waals surface area (Å²) in [4.78, 5) is 0. The molecule has 1 rings (SSSR count). The molecule has 5 heteroatoms. The summed E-state index contributed by atoms with van der Waals surface area (Å²) in [5.74, 6) is 0. The molecule has 0 aliphatic heterocycles. The van der Waals surface area contributed by atoms with Crippen LogP contribution in [0, 0.1) is 0 Å². The van der Waals surface area contributed by atoms with E-state index < -0.39 is 12.6 Å². The van der Waals surface area contributed by atoms with Gasteiger partial charge in [0, 0.05) is 19.7 Å². The molecule has 0 spiro atoms. The second-order valence-corrected chi connectivity index (χ2v) is 3.95. The summed E-state index contributed by atoms with van der Waals surface area (Å²) in [6.45, 7) is 3.39. The zero-order chi connectivity index (χ0) is 13.4. The van der Waals surface area contributed by atoms with Crippen LogP contribution in [-0.4, -0.2) is 19.3 Å². The lowest BCUT2D eigenvalue weighted by molar-refractivity contribution is -0.133. The van der Waals surface area contributed by atoms with Crippen molar-refractivity contribution in [2.24, 2.45) is 0 Å². The van der Waals surface area contributed by atoms with Crippen LogP contribution in [0.4, 0.5) is 13.2 Å². The Morgan fingerprint density at radius 2 is 1.83 bits per heavy atom. The zero-order valence-electron chi connectivity index (χ0n) is 10.4. The minimum absolute atomic E-state index is 0.0630. The first-order chi connectivity index (χ1) is 8.53. The average Bonchev–Trinajstić information content (AvgIpc) is 2.32. The van der Waals surface area contributed by atoms with Crippen molar-refractivity contribution < 1.29 is 17.9 Å². The van der Waals surface area contributed by atoms with Crippen molar-refractivity contribution in [3.63, 3.8) is 0 Å². The first-order valence-electron chi connectivity index (χ1n) is 5.95. The number of nitrogens with one attached hydrogen (secondary N) is 1. The first-order valence-corrected chi connectivity index (χ1v) is 5.95. The number of rotatable bonds is 7. The lowest BCUT2D eigenvalue weighted by Gasteiger charge is -2.11. The molecule has 0 aliphatic rings. The van der Waals surface area contributed by atoms with Gasteiger partial charge in [-0.2, -0.15) is 13.2 Å². The summed E-state index contributed by atoms with van der Waals surface area (Å²) in [6.07, 6.45) is -4.90. The van der Waals surface area contributed by atoms with E-state index in [1.807, 2.05) is 31.2 Å². The van der Waals surface area contributed by atoms with Crippen LogP contribution in [0.5, 0.6) is 0 Å². The van der Waals surface area contributed by atoms with Crippen molar-refractivity contribution in [2.75, 3.05) is 13.2 Å². The monoisotopic (exact) mass is 261 g/mol. The Kier molecular flexibility index (Phi) is 6.15. The predicted octanol–water partition coefficient (Wildman–Crippen LogP) is 3.27. The second-order valence-electron chi connectivity index (χ2n) is 3.95. The Balaban J connectivity index is 2.41. The molecule has 0 aromatic heterocycles. The number of alkyl halides is 3. The van der Waals surface area contributed by atoms with Gasteiger partial charge < -0.3 is 10.1 Å². The van der Waals surface area contributed by atoms with Gasteiger partial charge in [-0.25, -0.2) is 0 Å². The number of ether oxygens (including phenoxy) is 1. The van der Waals surface area contributed by atoms with E-state index in [1.165, 1.54) is 0 Å². The maximum Gasteiger partial charge on any atom is 0.390 e. The van der Waals surface area contributed by atoms with Gasteiger partial charge in [-0.3, -0.25) is 0 Å². The summed E-state index contributed by atoms with van der Waals surface area (Å²) < 4.78 is 41.2. The standard InChI is InChI=1S/C13H18F3NO/c1-2-18-10-12-6-4-3-5-11(12)9-17-8-7-13(14,15)16/h3-6,17H,2,7-10H2,1H3. The van der Waals surface area contributed by atoms with E-state index in [9.17, 15) is 13.2 Å². The fourth-order valence-corrected chi connectivity index (χ4v) is 1.54. The lowest BCUT2D eigenvalue weighted by atomic mass is 10.1. The highest BCUT2D eigenvalue weighted by Gasteiger charge is 2.25. The lowest BCUT2D eigenvalue weighted by Crippen LogP contribution is -2.21. The maximum atomic E-state index is 12.0. The largest absolute Gasteiger partial charge is 0.390 e. The van der Waals surface area contributed by atoms with Crippen molar-refractivity contribution in [1.29, 1.82) is 0 Å². The van der Waals surface area contributed by atoms with Crippen LogP contribution in [-0.2, 0) is 17.9 Å². The van der Waals surface area contributed by atoms with E-state index in [4.69, 9.17) is 4.74 Å². The Hall–Kier alpha value is -1.07.